The molecule has 8 heteroatoms. The SMILES string of the molecule is Cc1cc(/C=N\NC(=O)C(=O)Nc2cccc(Br)c2)c(C)n1-c1cccc(Br)c1. The van der Waals surface area contributed by atoms with Gasteiger partial charge in [0.15, 0.2) is 0 Å². The smallest absolute Gasteiger partial charge is 0.318 e. The summed E-state index contributed by atoms with van der Waals surface area (Å²) in [7, 11) is 0. The highest BCUT2D eigenvalue weighted by atomic mass is 79.9. The molecule has 0 bridgehead atoms. The van der Waals surface area contributed by atoms with E-state index in [0.717, 1.165) is 31.6 Å². The molecule has 148 valence electrons. The summed E-state index contributed by atoms with van der Waals surface area (Å²) in [6, 6.07) is 16.9. The molecule has 2 amide bonds. The Labute approximate surface area is 185 Å². The number of hydrogen-bond donors (Lipinski definition) is 2. The van der Waals surface area contributed by atoms with Crippen LogP contribution in [0.25, 0.3) is 5.69 Å². The highest BCUT2D eigenvalue weighted by Crippen LogP contribution is 2.22. The van der Waals surface area contributed by atoms with Crippen LogP contribution < -0.4 is 10.7 Å². The van der Waals surface area contributed by atoms with Crippen molar-refractivity contribution in [3.63, 3.8) is 0 Å². The molecule has 2 aromatic carbocycles. The molecule has 0 aliphatic rings. The second-order valence-electron chi connectivity index (χ2n) is 6.31. The maximum absolute atomic E-state index is 12.0. The summed E-state index contributed by atoms with van der Waals surface area (Å²) in [5.74, 6) is -1.64. The monoisotopic (exact) mass is 516 g/mol. The lowest BCUT2D eigenvalue weighted by molar-refractivity contribution is -0.136. The van der Waals surface area contributed by atoms with Gasteiger partial charge in [0.1, 0.15) is 0 Å². The predicted molar refractivity (Wildman–Crippen MR) is 121 cm³/mol. The number of benzene rings is 2. The van der Waals surface area contributed by atoms with Gasteiger partial charge in [0.2, 0.25) is 0 Å². The van der Waals surface area contributed by atoms with Gasteiger partial charge in [-0.3, -0.25) is 9.59 Å². The number of amides is 2. The van der Waals surface area contributed by atoms with E-state index in [0.29, 0.717) is 5.69 Å². The van der Waals surface area contributed by atoms with Crippen molar-refractivity contribution >= 4 is 55.6 Å². The van der Waals surface area contributed by atoms with Crippen LogP contribution in [-0.2, 0) is 9.59 Å². The Bertz CT molecular complexity index is 1110. The first kappa shape index (κ1) is 21.0. The number of carbonyl (C=O) groups is 2. The maximum Gasteiger partial charge on any atom is 0.329 e. The van der Waals surface area contributed by atoms with Crippen molar-refractivity contribution in [1.29, 1.82) is 0 Å². The fourth-order valence-electron chi connectivity index (χ4n) is 2.90. The van der Waals surface area contributed by atoms with E-state index in [1.807, 2.05) is 50.2 Å². The molecule has 0 radical (unpaired) electrons. The maximum atomic E-state index is 12.0. The van der Waals surface area contributed by atoms with Crippen molar-refractivity contribution in [3.8, 4) is 5.69 Å². The molecule has 0 saturated heterocycles. The average molecular weight is 518 g/mol. The summed E-state index contributed by atoms with van der Waals surface area (Å²) in [6.45, 7) is 3.96. The van der Waals surface area contributed by atoms with Gasteiger partial charge in [0.05, 0.1) is 6.21 Å². The first-order valence-corrected chi connectivity index (χ1v) is 10.3. The number of nitrogens with one attached hydrogen (secondary N) is 2. The Balaban J connectivity index is 1.68. The molecule has 0 aliphatic carbocycles. The summed E-state index contributed by atoms with van der Waals surface area (Å²) >= 11 is 6.80. The Morgan fingerprint density at radius 3 is 2.34 bits per heavy atom. The van der Waals surface area contributed by atoms with Crippen molar-refractivity contribution in [2.24, 2.45) is 5.10 Å². The quantitative estimate of drug-likeness (QED) is 0.299. The van der Waals surface area contributed by atoms with Gasteiger partial charge in [-0.2, -0.15) is 5.10 Å². The van der Waals surface area contributed by atoms with Gasteiger partial charge in [-0.25, -0.2) is 5.43 Å². The van der Waals surface area contributed by atoms with Gasteiger partial charge >= 0.3 is 11.8 Å². The van der Waals surface area contributed by atoms with Gasteiger partial charge < -0.3 is 9.88 Å². The third-order valence-corrected chi connectivity index (χ3v) is 5.18. The Hall–Kier alpha value is -2.71. The minimum atomic E-state index is -0.845. The molecule has 1 aromatic heterocycles. The number of nitrogens with zero attached hydrogens (tertiary/aromatic N) is 2. The molecule has 0 spiro atoms. The van der Waals surface area contributed by atoms with Crippen molar-refractivity contribution < 1.29 is 9.59 Å². The molecule has 3 aromatic rings. The molecule has 0 saturated carbocycles. The Kier molecular flexibility index (Phi) is 6.66. The molecular formula is C21H18Br2N4O2. The molecular weight excluding hydrogens is 500 g/mol. The van der Waals surface area contributed by atoms with Crippen LogP contribution in [0.3, 0.4) is 0 Å². The van der Waals surface area contributed by atoms with Crippen LogP contribution in [0.1, 0.15) is 17.0 Å². The Morgan fingerprint density at radius 2 is 1.66 bits per heavy atom. The zero-order valence-electron chi connectivity index (χ0n) is 15.7. The van der Waals surface area contributed by atoms with Crippen molar-refractivity contribution in [3.05, 3.63) is 80.5 Å². The van der Waals surface area contributed by atoms with Gasteiger partial charge in [-0.1, -0.05) is 44.0 Å². The molecule has 6 nitrogen and oxygen atoms in total. The lowest BCUT2D eigenvalue weighted by atomic mass is 10.2. The summed E-state index contributed by atoms with van der Waals surface area (Å²) in [4.78, 5) is 24.0. The fraction of sp³-hybridized carbons (Fsp3) is 0.0952. The lowest BCUT2D eigenvalue weighted by Crippen LogP contribution is -2.32. The van der Waals surface area contributed by atoms with E-state index in [4.69, 9.17) is 0 Å². The number of aryl methyl sites for hydroxylation is 1. The number of halogens is 2. The van der Waals surface area contributed by atoms with E-state index in [-0.39, 0.29) is 0 Å². The van der Waals surface area contributed by atoms with E-state index >= 15 is 0 Å². The largest absolute Gasteiger partial charge is 0.329 e. The highest BCUT2D eigenvalue weighted by molar-refractivity contribution is 9.10. The van der Waals surface area contributed by atoms with Crippen molar-refractivity contribution in [1.82, 2.24) is 9.99 Å². The van der Waals surface area contributed by atoms with Gasteiger partial charge in [-0.15, -0.1) is 0 Å². The molecule has 1 heterocycles. The number of hydrazone groups is 1. The van der Waals surface area contributed by atoms with E-state index in [2.05, 4.69) is 52.3 Å². The van der Waals surface area contributed by atoms with Crippen molar-refractivity contribution in [2.75, 3.05) is 5.32 Å². The highest BCUT2D eigenvalue weighted by Gasteiger charge is 2.14. The summed E-state index contributed by atoms with van der Waals surface area (Å²) in [5, 5.41) is 6.45. The first-order chi connectivity index (χ1) is 13.8. The summed E-state index contributed by atoms with van der Waals surface area (Å²) < 4.78 is 3.88. The van der Waals surface area contributed by atoms with E-state index in [9.17, 15) is 9.59 Å². The number of hydrogen-bond acceptors (Lipinski definition) is 3. The third kappa shape index (κ3) is 5.21. The van der Waals surface area contributed by atoms with Crippen LogP contribution in [0.5, 0.6) is 0 Å². The molecule has 29 heavy (non-hydrogen) atoms. The van der Waals surface area contributed by atoms with Crippen LogP contribution in [0.15, 0.2) is 68.6 Å². The standard InChI is InChI=1S/C21H18Br2N4O2/c1-13-9-15(14(2)27(13)19-8-4-6-17(23)11-19)12-24-26-21(29)20(28)25-18-7-3-5-16(22)10-18/h3-12H,1-2H3,(H,25,28)(H,26,29)/b24-12-. The van der Waals surface area contributed by atoms with E-state index in [1.165, 1.54) is 6.21 Å². The normalized spacial score (nSPS) is 10.9. The van der Waals surface area contributed by atoms with E-state index in [1.54, 1.807) is 18.2 Å². The molecule has 0 atom stereocenters. The number of rotatable bonds is 4. The van der Waals surface area contributed by atoms with Gasteiger partial charge in [-0.05, 0) is 56.3 Å². The van der Waals surface area contributed by atoms with E-state index < -0.39 is 11.8 Å². The van der Waals surface area contributed by atoms with Gasteiger partial charge in [0.25, 0.3) is 0 Å². The van der Waals surface area contributed by atoms with Crippen LogP contribution >= 0.6 is 31.9 Å². The zero-order valence-corrected chi connectivity index (χ0v) is 18.9. The number of carbonyl (C=O) groups excluding carboxylic acids is 2. The van der Waals surface area contributed by atoms with Crippen LogP contribution in [-0.4, -0.2) is 22.6 Å². The molecule has 0 aliphatic heterocycles. The summed E-state index contributed by atoms with van der Waals surface area (Å²) in [6.07, 6.45) is 1.53. The molecule has 3 rings (SSSR count). The lowest BCUT2D eigenvalue weighted by Gasteiger charge is -2.09. The average Bonchev–Trinajstić information content (AvgIpc) is 2.95. The third-order valence-electron chi connectivity index (χ3n) is 4.20. The second-order valence-corrected chi connectivity index (χ2v) is 8.14. The Morgan fingerprint density at radius 1 is 0.966 bits per heavy atom. The fourth-order valence-corrected chi connectivity index (χ4v) is 3.68. The molecule has 2 N–H and O–H groups in total. The zero-order chi connectivity index (χ0) is 21.0. The predicted octanol–water partition coefficient (Wildman–Crippen LogP) is 4.71. The van der Waals surface area contributed by atoms with Crippen LogP contribution in [0.4, 0.5) is 5.69 Å². The van der Waals surface area contributed by atoms with Gasteiger partial charge in [0, 0.05) is 37.3 Å². The molecule has 0 fully saturated rings. The minimum absolute atomic E-state index is 0.515. The number of anilines is 1. The number of aromatic nitrogens is 1. The summed E-state index contributed by atoms with van der Waals surface area (Å²) in [5.41, 5.74) is 6.64. The minimum Gasteiger partial charge on any atom is -0.318 e. The van der Waals surface area contributed by atoms with Crippen LogP contribution in [0, 0.1) is 13.8 Å². The van der Waals surface area contributed by atoms with Crippen LogP contribution in [0.2, 0.25) is 0 Å². The molecule has 0 unspecified atom stereocenters. The second kappa shape index (κ2) is 9.19. The topological polar surface area (TPSA) is 75.5 Å². The van der Waals surface area contributed by atoms with Crippen molar-refractivity contribution in [2.45, 2.75) is 13.8 Å². The first-order valence-electron chi connectivity index (χ1n) is 8.70.